The Morgan fingerprint density at radius 3 is 2.39 bits per heavy atom. The highest BCUT2D eigenvalue weighted by atomic mass is 32.2. The second-order valence-corrected chi connectivity index (χ2v) is 15.2. The molecule has 3 saturated heterocycles. The topological polar surface area (TPSA) is 146 Å². The van der Waals surface area contributed by atoms with Crippen molar-refractivity contribution >= 4 is 44.6 Å². The second kappa shape index (κ2) is 13.8. The Bertz CT molecular complexity index is 1950. The van der Waals surface area contributed by atoms with Crippen molar-refractivity contribution in [3.8, 4) is 0 Å². The molecule has 2 aromatic heterocycles. The fourth-order valence-corrected chi connectivity index (χ4v) is 8.69. The molecule has 14 heteroatoms. The summed E-state index contributed by atoms with van der Waals surface area (Å²) < 4.78 is 30.7. The molecule has 0 spiro atoms. The summed E-state index contributed by atoms with van der Waals surface area (Å²) in [6.07, 6.45) is 8.16. The van der Waals surface area contributed by atoms with Gasteiger partial charge in [0.15, 0.2) is 5.82 Å². The van der Waals surface area contributed by atoms with E-state index in [1.165, 1.54) is 10.5 Å². The van der Waals surface area contributed by atoms with Gasteiger partial charge in [0.2, 0.25) is 21.9 Å². The normalized spacial score (nSPS) is 19.0. The number of aromatic nitrogens is 4. The number of carbonyl (C=O) groups is 2. The summed E-state index contributed by atoms with van der Waals surface area (Å²) >= 11 is 0. The molecule has 4 aromatic rings. The Morgan fingerprint density at radius 2 is 1.67 bits per heavy atom. The molecule has 2 N–H and O–H groups in total. The van der Waals surface area contributed by atoms with Gasteiger partial charge in [-0.25, -0.2) is 23.2 Å². The maximum Gasteiger partial charge on any atom is 0.329 e. The van der Waals surface area contributed by atoms with Gasteiger partial charge in [-0.15, -0.1) is 0 Å². The maximum absolute atomic E-state index is 13.6. The summed E-state index contributed by atoms with van der Waals surface area (Å²) in [7, 11) is -1.72. The zero-order valence-electron chi connectivity index (χ0n) is 28.0. The number of likely N-dealkylation sites (tertiary alicyclic amines) is 1. The van der Waals surface area contributed by atoms with Crippen LogP contribution >= 0.6 is 0 Å². The highest BCUT2D eigenvalue weighted by molar-refractivity contribution is 7.89. The third-order valence-corrected chi connectivity index (χ3v) is 12.0. The molecule has 49 heavy (non-hydrogen) atoms. The van der Waals surface area contributed by atoms with E-state index in [4.69, 9.17) is 0 Å². The molecule has 0 unspecified atom stereocenters. The van der Waals surface area contributed by atoms with Crippen LogP contribution in [0.5, 0.6) is 0 Å². The van der Waals surface area contributed by atoms with Crippen LogP contribution in [0.25, 0.3) is 10.9 Å². The van der Waals surface area contributed by atoms with Gasteiger partial charge in [0, 0.05) is 63.5 Å². The Hall–Kier alpha value is -4.40. The van der Waals surface area contributed by atoms with Crippen LogP contribution in [-0.2, 0) is 34.8 Å². The number of rotatable bonds is 9. The molecule has 7 rings (SSSR count). The first-order chi connectivity index (χ1) is 23.7. The number of sulfonamides is 1. The smallest absolute Gasteiger partial charge is 0.329 e. The van der Waals surface area contributed by atoms with E-state index < -0.39 is 16.1 Å². The van der Waals surface area contributed by atoms with Crippen LogP contribution in [0.15, 0.2) is 59.8 Å². The highest BCUT2D eigenvalue weighted by Gasteiger charge is 2.31. The van der Waals surface area contributed by atoms with E-state index in [1.807, 2.05) is 43.7 Å². The molecule has 3 aliphatic heterocycles. The van der Waals surface area contributed by atoms with E-state index in [-0.39, 0.29) is 18.4 Å². The molecular formula is C35H43N9O4S. The fraction of sp³-hybridized carbons (Fsp3) is 0.457. The number of amides is 3. The number of hydrogen-bond donors (Lipinski definition) is 2. The summed E-state index contributed by atoms with van der Waals surface area (Å²) in [6.45, 7) is 5.79. The van der Waals surface area contributed by atoms with E-state index in [1.54, 1.807) is 15.1 Å². The summed E-state index contributed by atoms with van der Waals surface area (Å²) in [5, 5.41) is 11.2. The average Bonchev–Trinajstić information content (AvgIpc) is 3.44. The van der Waals surface area contributed by atoms with Crippen molar-refractivity contribution < 1.29 is 18.0 Å². The molecule has 258 valence electrons. The Balaban J connectivity index is 0.939. The van der Waals surface area contributed by atoms with Gasteiger partial charge in [-0.3, -0.25) is 24.6 Å². The monoisotopic (exact) mass is 685 g/mol. The largest absolute Gasteiger partial charge is 0.351 e. The molecule has 3 fully saturated rings. The number of imide groups is 1. The van der Waals surface area contributed by atoms with Crippen LogP contribution in [0.2, 0.25) is 0 Å². The van der Waals surface area contributed by atoms with Crippen LogP contribution in [0.3, 0.4) is 0 Å². The summed E-state index contributed by atoms with van der Waals surface area (Å²) in [6, 6.07) is 13.4. The van der Waals surface area contributed by atoms with Crippen molar-refractivity contribution in [2.24, 2.45) is 7.05 Å². The van der Waals surface area contributed by atoms with Gasteiger partial charge in [-0.1, -0.05) is 25.1 Å². The predicted octanol–water partition coefficient (Wildman–Crippen LogP) is 4.02. The van der Waals surface area contributed by atoms with Crippen LogP contribution in [0.4, 0.5) is 16.6 Å². The summed E-state index contributed by atoms with van der Waals surface area (Å²) in [4.78, 5) is 37.1. The average molecular weight is 686 g/mol. The van der Waals surface area contributed by atoms with Gasteiger partial charge in [0.05, 0.1) is 10.4 Å². The number of nitrogens with zero attached hydrogens (tertiary/aromatic N) is 7. The molecule has 0 saturated carbocycles. The molecule has 0 atom stereocenters. The molecule has 5 heterocycles. The van der Waals surface area contributed by atoms with Crippen molar-refractivity contribution in [1.82, 2.24) is 34.3 Å². The summed E-state index contributed by atoms with van der Waals surface area (Å²) in [5.74, 6) is 1.28. The number of anilines is 2. The zero-order chi connectivity index (χ0) is 34.1. The Labute approximate surface area is 286 Å². The van der Waals surface area contributed by atoms with Crippen molar-refractivity contribution in [2.75, 3.05) is 42.9 Å². The number of urea groups is 1. The SMILES string of the molecule is CCc1cnc(NC2CCN(S(=O)(=O)c3cccc(CN4CCC(c5ccc6c(N7CCC(=O)NC7=O)nn(C)c6c5)CC4)c3)CC2)nc1. The third-order valence-electron chi connectivity index (χ3n) is 10.1. The van der Waals surface area contributed by atoms with Gasteiger partial charge in [-0.2, -0.15) is 9.40 Å². The van der Waals surface area contributed by atoms with Crippen molar-refractivity contribution in [1.29, 1.82) is 0 Å². The first-order valence-corrected chi connectivity index (χ1v) is 18.6. The van der Waals surface area contributed by atoms with Crippen LogP contribution in [0.1, 0.15) is 61.6 Å². The number of nitrogens with one attached hydrogen (secondary N) is 2. The van der Waals surface area contributed by atoms with Gasteiger partial charge in [0.25, 0.3) is 0 Å². The van der Waals surface area contributed by atoms with Crippen molar-refractivity contribution in [3.05, 3.63) is 71.5 Å². The molecular weight excluding hydrogens is 643 g/mol. The Morgan fingerprint density at radius 1 is 0.918 bits per heavy atom. The quantitative estimate of drug-likeness (QED) is 0.267. The number of piperidine rings is 2. The Kier molecular flexibility index (Phi) is 9.36. The molecule has 2 aromatic carbocycles. The lowest BCUT2D eigenvalue weighted by molar-refractivity contribution is -0.120. The van der Waals surface area contributed by atoms with Crippen molar-refractivity contribution in [3.63, 3.8) is 0 Å². The second-order valence-electron chi connectivity index (χ2n) is 13.3. The number of aryl methyl sites for hydroxylation is 2. The van der Waals surface area contributed by atoms with Crippen LogP contribution in [-0.4, -0.2) is 88.1 Å². The standard InChI is InChI=1S/C35H43N9O4S/c1-3-24-21-36-34(37-22-24)38-28-11-16-43(17-12-28)49(47,48)29-6-4-5-25(19-29)23-42-14-9-26(10-15-42)27-7-8-30-31(20-27)41(2)40-33(30)44-18-13-32(45)39-35(44)46/h4-8,19-22,26,28H,3,9-18,23H2,1-2H3,(H,36,37,38)(H,39,45,46). The lowest BCUT2D eigenvalue weighted by atomic mass is 9.89. The first-order valence-electron chi connectivity index (χ1n) is 17.1. The number of fused-ring (bicyclic) bond motifs is 1. The molecule has 0 aliphatic carbocycles. The van der Waals surface area contributed by atoms with E-state index >= 15 is 0 Å². The van der Waals surface area contributed by atoms with E-state index in [0.29, 0.717) is 61.6 Å². The molecule has 13 nitrogen and oxygen atoms in total. The minimum absolute atomic E-state index is 0.132. The van der Waals surface area contributed by atoms with E-state index in [9.17, 15) is 18.0 Å². The molecule has 3 aliphatic rings. The number of carbonyl (C=O) groups excluding carboxylic acids is 2. The minimum atomic E-state index is -3.60. The number of benzene rings is 2. The van der Waals surface area contributed by atoms with Gasteiger partial charge in [0.1, 0.15) is 0 Å². The summed E-state index contributed by atoms with van der Waals surface area (Å²) in [5.41, 5.74) is 4.28. The van der Waals surface area contributed by atoms with Crippen LogP contribution < -0.4 is 15.5 Å². The predicted molar refractivity (Wildman–Crippen MR) is 187 cm³/mol. The molecule has 3 amide bonds. The van der Waals surface area contributed by atoms with Crippen LogP contribution in [0, 0.1) is 0 Å². The molecule has 0 radical (unpaired) electrons. The van der Waals surface area contributed by atoms with E-state index in [2.05, 4.69) is 49.7 Å². The minimum Gasteiger partial charge on any atom is -0.351 e. The maximum atomic E-state index is 13.6. The third kappa shape index (κ3) is 7.03. The lowest BCUT2D eigenvalue weighted by Gasteiger charge is -2.33. The van der Waals surface area contributed by atoms with Gasteiger partial charge < -0.3 is 5.32 Å². The number of hydrogen-bond acceptors (Lipinski definition) is 9. The van der Waals surface area contributed by atoms with Gasteiger partial charge >= 0.3 is 6.03 Å². The highest BCUT2D eigenvalue weighted by Crippen LogP contribution is 2.34. The first kappa shape index (κ1) is 33.1. The fourth-order valence-electron chi connectivity index (χ4n) is 7.15. The van der Waals surface area contributed by atoms with E-state index in [0.717, 1.165) is 54.4 Å². The lowest BCUT2D eigenvalue weighted by Crippen LogP contribution is -2.49. The van der Waals surface area contributed by atoms with Gasteiger partial charge in [-0.05, 0) is 92.1 Å². The zero-order valence-corrected chi connectivity index (χ0v) is 28.8. The van der Waals surface area contributed by atoms with Crippen molar-refractivity contribution in [2.45, 2.75) is 68.8 Å². The molecule has 0 bridgehead atoms.